The highest BCUT2D eigenvalue weighted by Gasteiger charge is 2.22. The van der Waals surface area contributed by atoms with E-state index >= 15 is 0 Å². The molecule has 1 aliphatic heterocycles. The number of rotatable bonds is 5. The highest BCUT2D eigenvalue weighted by atomic mass is 16.6. The van der Waals surface area contributed by atoms with Gasteiger partial charge in [-0.3, -0.25) is 10.1 Å². The van der Waals surface area contributed by atoms with Gasteiger partial charge < -0.3 is 24.3 Å². The zero-order chi connectivity index (χ0) is 17.5. The maximum atomic E-state index is 12.1. The molecule has 0 spiro atoms. The fourth-order valence-electron chi connectivity index (χ4n) is 1.97. The first-order chi connectivity index (χ1) is 11.5. The Bertz CT molecular complexity index is 628. The Morgan fingerprint density at radius 2 is 1.96 bits per heavy atom. The van der Waals surface area contributed by atoms with Crippen LogP contribution in [0.4, 0.5) is 4.79 Å². The van der Waals surface area contributed by atoms with Crippen molar-refractivity contribution in [2.45, 2.75) is 6.92 Å². The summed E-state index contributed by atoms with van der Waals surface area (Å²) in [7, 11) is 1.43. The summed E-state index contributed by atoms with van der Waals surface area (Å²) in [6.45, 7) is 2.22. The van der Waals surface area contributed by atoms with Gasteiger partial charge in [0.15, 0.2) is 18.1 Å². The Morgan fingerprint density at radius 1 is 1.21 bits per heavy atom. The first-order valence-electron chi connectivity index (χ1n) is 7.27. The summed E-state index contributed by atoms with van der Waals surface area (Å²) in [6.07, 6.45) is 0. The van der Waals surface area contributed by atoms with Gasteiger partial charge in [-0.1, -0.05) is 0 Å². The number of imide groups is 1. The molecule has 0 saturated carbocycles. The van der Waals surface area contributed by atoms with Crippen molar-refractivity contribution in [1.29, 1.82) is 0 Å². The lowest BCUT2D eigenvalue weighted by molar-refractivity contribution is -0.123. The van der Waals surface area contributed by atoms with Crippen LogP contribution >= 0.6 is 0 Å². The zero-order valence-electron chi connectivity index (χ0n) is 13.3. The van der Waals surface area contributed by atoms with Gasteiger partial charge in [0.1, 0.15) is 13.2 Å². The van der Waals surface area contributed by atoms with Crippen LogP contribution in [0.3, 0.4) is 0 Å². The van der Waals surface area contributed by atoms with E-state index in [2.05, 4.69) is 5.32 Å². The molecule has 0 radical (unpaired) electrons. The highest BCUT2D eigenvalue weighted by Crippen LogP contribution is 2.40. The number of fused-ring (bicyclic) bond motifs is 1. The Kier molecular flexibility index (Phi) is 5.83. The summed E-state index contributed by atoms with van der Waals surface area (Å²) in [4.78, 5) is 34.7. The SMILES string of the molecule is CCNC(=O)NC(=O)COC(=O)c1cc(OC)c2c(c1)OCCO2. The number of carbonyl (C=O) groups excluding carboxylic acids is 3. The molecule has 0 saturated heterocycles. The number of urea groups is 1. The molecule has 0 aromatic heterocycles. The largest absolute Gasteiger partial charge is 0.493 e. The second-order valence-electron chi connectivity index (χ2n) is 4.69. The molecule has 0 bridgehead atoms. The van der Waals surface area contributed by atoms with E-state index in [0.717, 1.165) is 0 Å². The molecule has 130 valence electrons. The topological polar surface area (TPSA) is 112 Å². The van der Waals surface area contributed by atoms with Crippen molar-refractivity contribution in [3.63, 3.8) is 0 Å². The molecule has 1 aliphatic rings. The van der Waals surface area contributed by atoms with Crippen LogP contribution in [0.5, 0.6) is 17.2 Å². The van der Waals surface area contributed by atoms with Gasteiger partial charge in [0.25, 0.3) is 5.91 Å². The predicted octanol–water partition coefficient (Wildman–Crippen LogP) is 0.469. The summed E-state index contributed by atoms with van der Waals surface area (Å²) in [5.74, 6) is -0.394. The Labute approximate surface area is 138 Å². The molecule has 1 aromatic carbocycles. The number of carbonyl (C=O) groups is 3. The van der Waals surface area contributed by atoms with Crippen LogP contribution in [0.25, 0.3) is 0 Å². The molecule has 1 aromatic rings. The summed E-state index contributed by atoms with van der Waals surface area (Å²) in [6, 6.07) is 2.22. The molecule has 3 amide bonds. The molecule has 0 unspecified atom stereocenters. The van der Waals surface area contributed by atoms with Crippen LogP contribution in [0.2, 0.25) is 0 Å². The minimum Gasteiger partial charge on any atom is -0.493 e. The van der Waals surface area contributed by atoms with Crippen LogP contribution in [-0.4, -0.2) is 51.4 Å². The van der Waals surface area contributed by atoms with E-state index in [1.807, 2.05) is 5.32 Å². The van der Waals surface area contributed by atoms with E-state index in [1.165, 1.54) is 19.2 Å². The minimum atomic E-state index is -0.753. The first kappa shape index (κ1) is 17.4. The van der Waals surface area contributed by atoms with Gasteiger partial charge in [0, 0.05) is 6.54 Å². The van der Waals surface area contributed by atoms with Gasteiger partial charge in [-0.25, -0.2) is 9.59 Å². The number of hydrogen-bond donors (Lipinski definition) is 2. The van der Waals surface area contributed by atoms with E-state index < -0.39 is 24.5 Å². The van der Waals surface area contributed by atoms with Gasteiger partial charge in [-0.15, -0.1) is 0 Å². The van der Waals surface area contributed by atoms with Crippen molar-refractivity contribution >= 4 is 17.9 Å². The Morgan fingerprint density at radius 3 is 2.67 bits per heavy atom. The zero-order valence-corrected chi connectivity index (χ0v) is 13.3. The first-order valence-corrected chi connectivity index (χ1v) is 7.27. The third-order valence-corrected chi connectivity index (χ3v) is 2.99. The lowest BCUT2D eigenvalue weighted by Gasteiger charge is -2.21. The Hall–Kier alpha value is -2.97. The van der Waals surface area contributed by atoms with E-state index in [0.29, 0.717) is 37.0 Å². The van der Waals surface area contributed by atoms with Crippen LogP contribution in [0.15, 0.2) is 12.1 Å². The van der Waals surface area contributed by atoms with Crippen LogP contribution < -0.4 is 24.8 Å². The van der Waals surface area contributed by atoms with Gasteiger partial charge in [-0.05, 0) is 19.1 Å². The van der Waals surface area contributed by atoms with E-state index in [1.54, 1.807) is 6.92 Å². The third-order valence-electron chi connectivity index (χ3n) is 2.99. The second-order valence-corrected chi connectivity index (χ2v) is 4.69. The molecular weight excluding hydrogens is 320 g/mol. The maximum Gasteiger partial charge on any atom is 0.338 e. The number of hydrogen-bond acceptors (Lipinski definition) is 7. The van der Waals surface area contributed by atoms with Crippen molar-refractivity contribution in [3.05, 3.63) is 17.7 Å². The van der Waals surface area contributed by atoms with Crippen molar-refractivity contribution in [2.75, 3.05) is 33.5 Å². The summed E-state index contributed by atoms with van der Waals surface area (Å²) < 4.78 is 20.9. The second kappa shape index (κ2) is 8.04. The van der Waals surface area contributed by atoms with Crippen molar-refractivity contribution < 1.29 is 33.3 Å². The predicted molar refractivity (Wildman–Crippen MR) is 81.5 cm³/mol. The van der Waals surface area contributed by atoms with Crippen LogP contribution in [0, 0.1) is 0 Å². The summed E-state index contributed by atoms with van der Waals surface area (Å²) >= 11 is 0. The Balaban J connectivity index is 2.00. The number of benzene rings is 1. The van der Waals surface area contributed by atoms with Crippen molar-refractivity contribution in [2.24, 2.45) is 0 Å². The fourth-order valence-corrected chi connectivity index (χ4v) is 1.97. The molecule has 2 rings (SSSR count). The van der Waals surface area contributed by atoms with Gasteiger partial charge in [0.05, 0.1) is 12.7 Å². The van der Waals surface area contributed by atoms with E-state index in [-0.39, 0.29) is 5.56 Å². The number of amides is 3. The van der Waals surface area contributed by atoms with Crippen LogP contribution in [-0.2, 0) is 9.53 Å². The van der Waals surface area contributed by atoms with E-state index in [9.17, 15) is 14.4 Å². The molecule has 9 heteroatoms. The standard InChI is InChI=1S/C15H18N2O7/c1-3-16-15(20)17-12(18)8-24-14(19)9-6-10(21-2)13-11(7-9)22-4-5-23-13/h6-7H,3-5,8H2,1-2H3,(H2,16,17,18,20). The lowest BCUT2D eigenvalue weighted by Crippen LogP contribution is -2.41. The quantitative estimate of drug-likeness (QED) is 0.750. The van der Waals surface area contributed by atoms with Crippen molar-refractivity contribution in [1.82, 2.24) is 10.6 Å². The number of nitrogens with one attached hydrogen (secondary N) is 2. The molecule has 2 N–H and O–H groups in total. The van der Waals surface area contributed by atoms with Gasteiger partial charge >= 0.3 is 12.0 Å². The third kappa shape index (κ3) is 4.28. The summed E-state index contributed by atoms with van der Waals surface area (Å²) in [5.41, 5.74) is 0.141. The van der Waals surface area contributed by atoms with Crippen molar-refractivity contribution in [3.8, 4) is 17.2 Å². The average molecular weight is 338 g/mol. The molecule has 9 nitrogen and oxygen atoms in total. The molecule has 0 fully saturated rings. The van der Waals surface area contributed by atoms with Gasteiger partial charge in [-0.2, -0.15) is 0 Å². The smallest absolute Gasteiger partial charge is 0.338 e. The van der Waals surface area contributed by atoms with Crippen LogP contribution in [0.1, 0.15) is 17.3 Å². The molecule has 24 heavy (non-hydrogen) atoms. The average Bonchev–Trinajstić information content (AvgIpc) is 2.58. The molecular formula is C15H18N2O7. The monoisotopic (exact) mass is 338 g/mol. The normalized spacial score (nSPS) is 12.1. The molecule has 1 heterocycles. The summed E-state index contributed by atoms with van der Waals surface area (Å²) in [5, 5.41) is 4.41. The molecule has 0 atom stereocenters. The number of esters is 1. The highest BCUT2D eigenvalue weighted by molar-refractivity contribution is 5.97. The number of ether oxygens (including phenoxy) is 4. The fraction of sp³-hybridized carbons (Fsp3) is 0.400. The minimum absolute atomic E-state index is 0.141. The molecule has 0 aliphatic carbocycles. The maximum absolute atomic E-state index is 12.1. The van der Waals surface area contributed by atoms with E-state index in [4.69, 9.17) is 18.9 Å². The lowest BCUT2D eigenvalue weighted by atomic mass is 10.1. The number of methoxy groups -OCH3 is 1. The van der Waals surface area contributed by atoms with Gasteiger partial charge in [0.2, 0.25) is 5.75 Å².